The number of aromatic hydroxyl groups is 1. The molecule has 3 rings (SSSR count). The van der Waals surface area contributed by atoms with E-state index >= 15 is 0 Å². The predicted octanol–water partition coefficient (Wildman–Crippen LogP) is 2.48. The molecule has 0 saturated carbocycles. The average Bonchev–Trinajstić information content (AvgIpc) is 2.56. The Morgan fingerprint density at radius 1 is 1.38 bits per heavy atom. The van der Waals surface area contributed by atoms with Gasteiger partial charge >= 0.3 is 0 Å². The smallest absolute Gasteiger partial charge is 0.254 e. The first-order chi connectivity index (χ1) is 12.2. The van der Waals surface area contributed by atoms with Crippen molar-refractivity contribution in [2.45, 2.75) is 45.7 Å². The molecule has 26 heavy (non-hydrogen) atoms. The quantitative estimate of drug-likeness (QED) is 0.878. The normalized spacial score (nSPS) is 15.0. The Morgan fingerprint density at radius 3 is 2.77 bits per heavy atom. The molecule has 0 radical (unpaired) electrons. The third kappa shape index (κ3) is 3.58. The zero-order valence-corrected chi connectivity index (χ0v) is 15.5. The van der Waals surface area contributed by atoms with Crippen LogP contribution in [0.2, 0.25) is 0 Å². The summed E-state index contributed by atoms with van der Waals surface area (Å²) >= 11 is 0. The van der Waals surface area contributed by atoms with Crippen LogP contribution in [-0.4, -0.2) is 33.6 Å². The van der Waals surface area contributed by atoms with E-state index in [0.29, 0.717) is 37.4 Å². The van der Waals surface area contributed by atoms with Gasteiger partial charge in [0.15, 0.2) is 17.3 Å². The van der Waals surface area contributed by atoms with Crippen molar-refractivity contribution < 1.29 is 14.2 Å². The zero-order valence-electron chi connectivity index (χ0n) is 15.5. The van der Waals surface area contributed by atoms with Gasteiger partial charge in [0.25, 0.3) is 5.56 Å². The molecule has 1 aromatic carbocycles. The second-order valence-electron chi connectivity index (χ2n) is 7.68. The van der Waals surface area contributed by atoms with E-state index in [2.05, 4.69) is 14.9 Å². The molecule has 0 spiro atoms. The van der Waals surface area contributed by atoms with Crippen molar-refractivity contribution in [3.05, 3.63) is 50.9 Å². The van der Waals surface area contributed by atoms with E-state index in [0.717, 1.165) is 11.3 Å². The molecule has 0 saturated heterocycles. The summed E-state index contributed by atoms with van der Waals surface area (Å²) in [6.45, 7) is 7.69. The number of rotatable bonds is 3. The molecule has 1 aliphatic heterocycles. The number of nitrogens with one attached hydrogen (secondary N) is 1. The molecule has 2 heterocycles. The molecule has 0 aliphatic carbocycles. The van der Waals surface area contributed by atoms with Crippen molar-refractivity contribution >= 4 is 0 Å². The van der Waals surface area contributed by atoms with Crippen LogP contribution in [0.1, 0.15) is 43.4 Å². The summed E-state index contributed by atoms with van der Waals surface area (Å²) in [6, 6.07) is 2.93. The molecule has 0 amide bonds. The fourth-order valence-electron chi connectivity index (χ4n) is 3.12. The fourth-order valence-corrected chi connectivity index (χ4v) is 3.12. The maximum Gasteiger partial charge on any atom is 0.254 e. The minimum Gasteiger partial charge on any atom is -0.502 e. The number of fused-ring (bicyclic) bond motifs is 1. The van der Waals surface area contributed by atoms with Crippen LogP contribution < -0.4 is 10.3 Å². The molecule has 6 nitrogen and oxygen atoms in total. The van der Waals surface area contributed by atoms with Crippen molar-refractivity contribution in [1.82, 2.24) is 14.9 Å². The number of nitrogens with zero attached hydrogens (tertiary/aromatic N) is 2. The van der Waals surface area contributed by atoms with Crippen molar-refractivity contribution in [2.24, 2.45) is 0 Å². The molecular weight excluding hydrogens is 337 g/mol. The number of aromatic nitrogens is 2. The molecule has 0 bridgehead atoms. The molecule has 140 valence electrons. The summed E-state index contributed by atoms with van der Waals surface area (Å²) in [5.41, 5.74) is 1.88. The number of H-pyrrole nitrogens is 1. The van der Waals surface area contributed by atoms with Crippen LogP contribution in [-0.2, 0) is 24.9 Å². The van der Waals surface area contributed by atoms with Crippen molar-refractivity contribution in [1.29, 1.82) is 0 Å². The van der Waals surface area contributed by atoms with Gasteiger partial charge in [-0.15, -0.1) is 0 Å². The summed E-state index contributed by atoms with van der Waals surface area (Å²) in [5.74, 6) is -0.410. The molecule has 1 aromatic heterocycles. The molecule has 2 aromatic rings. The van der Waals surface area contributed by atoms with Crippen molar-refractivity contribution in [3.63, 3.8) is 0 Å². The van der Waals surface area contributed by atoms with Gasteiger partial charge in [0.05, 0.1) is 12.8 Å². The molecule has 7 heteroatoms. The molecular formula is C19H24FN3O3. The number of benzene rings is 1. The van der Waals surface area contributed by atoms with Crippen molar-refractivity contribution in [3.8, 4) is 11.5 Å². The Hall–Kier alpha value is -2.41. The Morgan fingerprint density at radius 2 is 2.12 bits per heavy atom. The van der Waals surface area contributed by atoms with Gasteiger partial charge in [-0.25, -0.2) is 9.37 Å². The van der Waals surface area contributed by atoms with Crippen LogP contribution in [0, 0.1) is 5.82 Å². The first-order valence-electron chi connectivity index (χ1n) is 8.59. The van der Waals surface area contributed by atoms with Crippen LogP contribution >= 0.6 is 0 Å². The van der Waals surface area contributed by atoms with E-state index in [1.165, 1.54) is 13.2 Å². The molecule has 0 fully saturated rings. The first kappa shape index (κ1) is 18.4. The predicted molar refractivity (Wildman–Crippen MR) is 96.0 cm³/mol. The Balaban J connectivity index is 1.86. The number of phenolic OH excluding ortho intramolecular Hbond substituents is 1. The highest BCUT2D eigenvalue weighted by molar-refractivity contribution is 5.43. The average molecular weight is 361 g/mol. The summed E-state index contributed by atoms with van der Waals surface area (Å²) < 4.78 is 18.9. The number of phenols is 1. The summed E-state index contributed by atoms with van der Waals surface area (Å²) in [7, 11) is 1.39. The van der Waals surface area contributed by atoms with Crippen LogP contribution in [0.5, 0.6) is 11.5 Å². The number of ether oxygens (including phenoxy) is 1. The minimum atomic E-state index is -0.707. The zero-order chi connectivity index (χ0) is 19.1. The SMILES string of the molecule is COc1cc(CN2CCc3c(nc(C(C)(C)C)[nH]c3=O)C2)cc(F)c1O. The van der Waals surface area contributed by atoms with E-state index in [1.54, 1.807) is 6.07 Å². The van der Waals surface area contributed by atoms with Gasteiger partial charge in [-0.2, -0.15) is 0 Å². The highest BCUT2D eigenvalue weighted by atomic mass is 19.1. The van der Waals surface area contributed by atoms with Crippen LogP contribution in [0.4, 0.5) is 4.39 Å². The third-order valence-electron chi connectivity index (χ3n) is 4.58. The second kappa shape index (κ2) is 6.72. The topological polar surface area (TPSA) is 78.5 Å². The Bertz CT molecular complexity index is 887. The fraction of sp³-hybridized carbons (Fsp3) is 0.474. The summed E-state index contributed by atoms with van der Waals surface area (Å²) in [6.07, 6.45) is 0.597. The molecule has 1 aliphatic rings. The first-order valence-corrected chi connectivity index (χ1v) is 8.59. The minimum absolute atomic E-state index is 0.0723. The lowest BCUT2D eigenvalue weighted by Crippen LogP contribution is -2.36. The monoisotopic (exact) mass is 361 g/mol. The summed E-state index contributed by atoms with van der Waals surface area (Å²) in [4.78, 5) is 22.0. The Labute approximate surface area is 151 Å². The molecule has 0 unspecified atom stereocenters. The van der Waals surface area contributed by atoms with Gasteiger partial charge in [-0.3, -0.25) is 9.69 Å². The van der Waals surface area contributed by atoms with Crippen LogP contribution in [0.3, 0.4) is 0 Å². The third-order valence-corrected chi connectivity index (χ3v) is 4.58. The standard InChI is InChI=1S/C19H24FN3O3/c1-19(2,3)18-21-14-10-23(6-5-12(14)17(25)22-18)9-11-7-13(20)16(24)15(8-11)26-4/h7-8,24H,5-6,9-10H2,1-4H3,(H,21,22,25). The van der Waals surface area contributed by atoms with E-state index in [4.69, 9.17) is 4.74 Å². The van der Waals surface area contributed by atoms with E-state index in [1.807, 2.05) is 20.8 Å². The largest absolute Gasteiger partial charge is 0.502 e. The number of hydrogen-bond donors (Lipinski definition) is 2. The van der Waals surface area contributed by atoms with Crippen LogP contribution in [0.15, 0.2) is 16.9 Å². The lowest BCUT2D eigenvalue weighted by molar-refractivity contribution is 0.238. The van der Waals surface area contributed by atoms with E-state index < -0.39 is 11.6 Å². The number of halogens is 1. The van der Waals surface area contributed by atoms with Gasteiger partial charge in [0, 0.05) is 30.6 Å². The van der Waals surface area contributed by atoms with Gasteiger partial charge < -0.3 is 14.8 Å². The number of hydrogen-bond acceptors (Lipinski definition) is 5. The van der Waals surface area contributed by atoms with Crippen molar-refractivity contribution in [2.75, 3.05) is 13.7 Å². The lowest BCUT2D eigenvalue weighted by atomic mass is 9.95. The Kier molecular flexibility index (Phi) is 4.75. The van der Waals surface area contributed by atoms with Gasteiger partial charge in [-0.05, 0) is 24.1 Å². The number of methoxy groups -OCH3 is 1. The number of aromatic amines is 1. The lowest BCUT2D eigenvalue weighted by Gasteiger charge is -2.29. The van der Waals surface area contributed by atoms with E-state index in [-0.39, 0.29) is 16.7 Å². The van der Waals surface area contributed by atoms with E-state index in [9.17, 15) is 14.3 Å². The summed E-state index contributed by atoms with van der Waals surface area (Å²) in [5, 5.41) is 9.63. The maximum absolute atomic E-state index is 13.9. The van der Waals surface area contributed by atoms with Gasteiger partial charge in [0.1, 0.15) is 5.82 Å². The molecule has 0 atom stereocenters. The second-order valence-corrected chi connectivity index (χ2v) is 7.68. The van der Waals surface area contributed by atoms with Crippen LogP contribution in [0.25, 0.3) is 0 Å². The maximum atomic E-state index is 13.9. The highest BCUT2D eigenvalue weighted by Gasteiger charge is 2.25. The van der Waals surface area contributed by atoms with Gasteiger partial charge in [0.2, 0.25) is 0 Å². The molecule has 2 N–H and O–H groups in total. The highest BCUT2D eigenvalue weighted by Crippen LogP contribution is 2.31. The van der Waals surface area contributed by atoms with Gasteiger partial charge in [-0.1, -0.05) is 20.8 Å².